The minimum atomic E-state index is -3.85. The second kappa shape index (κ2) is 7.45. The maximum absolute atomic E-state index is 12.0. The van der Waals surface area contributed by atoms with Gasteiger partial charge < -0.3 is 10.0 Å². The van der Waals surface area contributed by atoms with Crippen LogP contribution >= 0.6 is 0 Å². The Labute approximate surface area is 129 Å². The third-order valence-electron chi connectivity index (χ3n) is 2.52. The lowest BCUT2D eigenvalue weighted by Crippen LogP contribution is -2.32. The summed E-state index contributed by atoms with van der Waals surface area (Å²) in [5.41, 5.74) is 0.290. The molecular weight excluding hydrogens is 309 g/mol. The number of hydrogen-bond acceptors (Lipinski definition) is 7. The van der Waals surface area contributed by atoms with Crippen LogP contribution in [0.4, 0.5) is 0 Å². The molecule has 0 amide bonds. The molecule has 2 N–H and O–H groups in total. The van der Waals surface area contributed by atoms with Gasteiger partial charge in [0.1, 0.15) is 12.0 Å². The normalized spacial score (nSPS) is 11.0. The molecule has 0 radical (unpaired) electrons. The highest BCUT2D eigenvalue weighted by Crippen LogP contribution is 2.12. The summed E-state index contributed by atoms with van der Waals surface area (Å²) in [5.74, 6) is 0. The van der Waals surface area contributed by atoms with Crippen LogP contribution in [0.15, 0.2) is 24.8 Å². The molecule has 0 fully saturated rings. The highest BCUT2D eigenvalue weighted by Gasteiger charge is 2.27. The predicted octanol–water partition coefficient (Wildman–Crippen LogP) is -1.30. The van der Waals surface area contributed by atoms with Gasteiger partial charge in [-0.2, -0.15) is 21.9 Å². The third-order valence-corrected chi connectivity index (χ3v) is 4.10. The molecule has 120 valence electrons. The van der Waals surface area contributed by atoms with Gasteiger partial charge >= 0.3 is 17.3 Å². The van der Waals surface area contributed by atoms with Gasteiger partial charge in [-0.05, 0) is 6.07 Å². The van der Waals surface area contributed by atoms with E-state index < -0.39 is 17.3 Å². The first-order valence-corrected chi connectivity index (χ1v) is 7.89. The van der Waals surface area contributed by atoms with Gasteiger partial charge in [-0.1, -0.05) is 13.8 Å². The Hall–Kier alpha value is -1.82. The van der Waals surface area contributed by atoms with Gasteiger partial charge in [0.25, 0.3) is 0 Å². The molecule has 0 spiro atoms. The fourth-order valence-electron chi connectivity index (χ4n) is 1.47. The Morgan fingerprint density at radius 3 is 2.36 bits per heavy atom. The predicted molar refractivity (Wildman–Crippen MR) is 82.4 cm³/mol. The smallest absolute Gasteiger partial charge is 0.423 e. The van der Waals surface area contributed by atoms with E-state index in [0.717, 1.165) is 10.5 Å². The number of hydrogen-bond donors (Lipinski definition) is 2. The summed E-state index contributed by atoms with van der Waals surface area (Å²) >= 11 is 0. The summed E-state index contributed by atoms with van der Waals surface area (Å²) < 4.78 is 25.6. The number of rotatable bonds is 4. The average Bonchev–Trinajstić information content (AvgIpc) is 2.96. The van der Waals surface area contributed by atoms with E-state index >= 15 is 0 Å². The van der Waals surface area contributed by atoms with Gasteiger partial charge in [-0.25, -0.2) is 9.97 Å². The second-order valence-electron chi connectivity index (χ2n) is 4.06. The zero-order valence-corrected chi connectivity index (χ0v) is 13.6. The van der Waals surface area contributed by atoms with Crippen LogP contribution in [0.2, 0.25) is 0 Å². The van der Waals surface area contributed by atoms with E-state index in [4.69, 9.17) is 0 Å². The Morgan fingerprint density at radius 2 is 1.91 bits per heavy atom. The lowest BCUT2D eigenvalue weighted by molar-refractivity contribution is 0.426. The van der Waals surface area contributed by atoms with Gasteiger partial charge in [0.2, 0.25) is 0 Å². The minimum absolute atomic E-state index is 0.0610. The van der Waals surface area contributed by atoms with Crippen molar-refractivity contribution in [2.75, 3.05) is 14.1 Å². The Kier molecular flexibility index (Phi) is 6.17. The lowest BCUT2D eigenvalue weighted by Gasteiger charge is -2.10. The average molecular weight is 327 g/mol. The topological polar surface area (TPSA) is 121 Å². The van der Waals surface area contributed by atoms with Crippen LogP contribution in [-0.4, -0.2) is 63.1 Å². The van der Waals surface area contributed by atoms with Gasteiger partial charge in [0.15, 0.2) is 0 Å². The van der Waals surface area contributed by atoms with Crippen molar-refractivity contribution >= 4 is 22.8 Å². The van der Waals surface area contributed by atoms with Crippen LogP contribution in [0.25, 0.3) is 11.4 Å². The molecule has 0 bridgehead atoms. The minimum Gasteiger partial charge on any atom is -0.423 e. The molecule has 2 rings (SSSR count). The van der Waals surface area contributed by atoms with Crippen molar-refractivity contribution in [3.63, 3.8) is 0 Å². The summed E-state index contributed by atoms with van der Waals surface area (Å²) in [5, 5.41) is 22.5. The van der Waals surface area contributed by atoms with Crippen LogP contribution < -0.4 is 5.46 Å². The molecule has 11 heteroatoms. The van der Waals surface area contributed by atoms with Crippen LogP contribution in [0.1, 0.15) is 13.8 Å². The Morgan fingerprint density at radius 1 is 1.27 bits per heavy atom. The van der Waals surface area contributed by atoms with E-state index in [0.29, 0.717) is 4.09 Å². The summed E-state index contributed by atoms with van der Waals surface area (Å²) in [4.78, 5) is 7.65. The molecule has 0 aliphatic carbocycles. The quantitative estimate of drug-likeness (QED) is 0.669. The van der Waals surface area contributed by atoms with Crippen molar-refractivity contribution in [1.29, 1.82) is 0 Å². The van der Waals surface area contributed by atoms with Crippen LogP contribution in [-0.2, 0) is 10.2 Å². The standard InChI is InChI=1S/C9H12BN5O4S.C2H6/c1-14(2)20(18,19)15-5-7(10(16)17)9(13-15)8-3-4-11-6-12-8;1-2/h3-6,16-17H,1-2H3;1-2H3. The monoisotopic (exact) mass is 327 g/mol. The molecule has 0 aliphatic heterocycles. The van der Waals surface area contributed by atoms with Crippen molar-refractivity contribution in [1.82, 2.24) is 23.5 Å². The Bertz CT molecular complexity index is 703. The van der Waals surface area contributed by atoms with E-state index in [1.807, 2.05) is 13.8 Å². The molecule has 0 unspecified atom stereocenters. The molecule has 0 atom stereocenters. The first-order valence-electron chi connectivity index (χ1n) is 6.49. The van der Waals surface area contributed by atoms with Crippen molar-refractivity contribution < 1.29 is 18.5 Å². The first-order chi connectivity index (χ1) is 10.3. The molecular formula is C11H18BN5O4S. The first kappa shape index (κ1) is 18.2. The van der Waals surface area contributed by atoms with Crippen molar-refractivity contribution in [3.05, 3.63) is 24.8 Å². The molecule has 2 aromatic heterocycles. The third kappa shape index (κ3) is 3.68. The van der Waals surface area contributed by atoms with Gasteiger partial charge in [-0.3, -0.25) is 0 Å². The maximum atomic E-state index is 12.0. The molecule has 0 aromatic carbocycles. The highest BCUT2D eigenvalue weighted by atomic mass is 32.2. The summed E-state index contributed by atoms with van der Waals surface area (Å²) in [7, 11) is -3.03. The van der Waals surface area contributed by atoms with E-state index in [2.05, 4.69) is 15.1 Å². The molecule has 2 aromatic rings. The van der Waals surface area contributed by atoms with E-state index in [1.165, 1.54) is 32.7 Å². The van der Waals surface area contributed by atoms with Crippen LogP contribution in [0, 0.1) is 0 Å². The zero-order valence-electron chi connectivity index (χ0n) is 12.7. The summed E-state index contributed by atoms with van der Waals surface area (Å²) in [6.45, 7) is 4.00. The summed E-state index contributed by atoms with van der Waals surface area (Å²) in [6, 6.07) is 1.49. The molecule has 0 aliphatic rings. The lowest BCUT2D eigenvalue weighted by atomic mass is 9.80. The van der Waals surface area contributed by atoms with Gasteiger partial charge in [0, 0.05) is 32.0 Å². The van der Waals surface area contributed by atoms with Crippen molar-refractivity contribution in [2.24, 2.45) is 0 Å². The van der Waals surface area contributed by atoms with E-state index in [-0.39, 0.29) is 16.9 Å². The van der Waals surface area contributed by atoms with Crippen molar-refractivity contribution in [2.45, 2.75) is 13.8 Å². The molecule has 9 nitrogen and oxygen atoms in total. The highest BCUT2D eigenvalue weighted by molar-refractivity contribution is 7.87. The Balaban J connectivity index is 0.00000116. The maximum Gasteiger partial charge on any atom is 0.492 e. The van der Waals surface area contributed by atoms with Crippen LogP contribution in [0.5, 0.6) is 0 Å². The SMILES string of the molecule is CC.CN(C)S(=O)(=O)n1cc(B(O)O)c(-c2ccncn2)n1. The van der Waals surface area contributed by atoms with E-state index in [1.54, 1.807) is 0 Å². The molecule has 0 saturated carbocycles. The van der Waals surface area contributed by atoms with Crippen molar-refractivity contribution in [3.8, 4) is 11.4 Å². The van der Waals surface area contributed by atoms with Gasteiger partial charge in [-0.15, -0.1) is 0 Å². The fraction of sp³-hybridized carbons (Fsp3) is 0.364. The zero-order chi connectivity index (χ0) is 16.9. The molecule has 2 heterocycles. The second-order valence-corrected chi connectivity index (χ2v) is 6.06. The number of nitrogens with zero attached hydrogens (tertiary/aromatic N) is 5. The number of aromatic nitrogens is 4. The largest absolute Gasteiger partial charge is 0.492 e. The molecule has 0 saturated heterocycles. The molecule has 22 heavy (non-hydrogen) atoms. The fourth-order valence-corrected chi connectivity index (χ4v) is 2.24. The summed E-state index contributed by atoms with van der Waals surface area (Å²) in [6.07, 6.45) is 3.73. The van der Waals surface area contributed by atoms with Crippen LogP contribution in [0.3, 0.4) is 0 Å². The van der Waals surface area contributed by atoms with Gasteiger partial charge in [0.05, 0.1) is 5.69 Å². The van der Waals surface area contributed by atoms with E-state index in [9.17, 15) is 18.5 Å².